The van der Waals surface area contributed by atoms with E-state index in [4.69, 9.17) is 9.72 Å². The highest BCUT2D eigenvalue weighted by Gasteiger charge is 2.33. The fraction of sp³-hybridized carbons (Fsp3) is 0.560. The van der Waals surface area contributed by atoms with Gasteiger partial charge in [-0.05, 0) is 43.4 Å². The molecule has 2 aliphatic rings. The van der Waals surface area contributed by atoms with Crippen LogP contribution in [0.2, 0.25) is 0 Å². The monoisotopic (exact) mass is 393 g/mol. The molecule has 1 aliphatic carbocycles. The molecule has 29 heavy (non-hydrogen) atoms. The summed E-state index contributed by atoms with van der Waals surface area (Å²) in [4.78, 5) is 7.49. The third-order valence-electron chi connectivity index (χ3n) is 6.85. The second kappa shape index (κ2) is 10.2. The average molecular weight is 394 g/mol. The van der Waals surface area contributed by atoms with E-state index < -0.39 is 0 Å². The molecule has 156 valence electrons. The topological polar surface area (TPSA) is 37.4 Å². The van der Waals surface area contributed by atoms with Crippen LogP contribution >= 0.6 is 0 Å². The number of benzene rings is 1. The molecule has 2 atom stereocenters. The van der Waals surface area contributed by atoms with Gasteiger partial charge < -0.3 is 10.1 Å². The first kappa shape index (κ1) is 20.4. The van der Waals surface area contributed by atoms with Gasteiger partial charge in [0.2, 0.25) is 0 Å². The molecule has 1 saturated carbocycles. The summed E-state index contributed by atoms with van der Waals surface area (Å²) in [6, 6.07) is 15.4. The van der Waals surface area contributed by atoms with Gasteiger partial charge >= 0.3 is 0 Å². The highest BCUT2D eigenvalue weighted by atomic mass is 16.5. The lowest BCUT2D eigenvalue weighted by Crippen LogP contribution is -2.45. The Kier molecular flexibility index (Phi) is 7.18. The number of rotatable bonds is 7. The number of pyridine rings is 1. The van der Waals surface area contributed by atoms with Gasteiger partial charge in [0, 0.05) is 55.6 Å². The number of hydrogen-bond donors (Lipinski definition) is 1. The first-order valence-corrected chi connectivity index (χ1v) is 11.4. The highest BCUT2D eigenvalue weighted by molar-refractivity contribution is 5.36. The van der Waals surface area contributed by atoms with Crippen molar-refractivity contribution in [3.05, 3.63) is 59.9 Å². The lowest BCUT2D eigenvalue weighted by atomic mass is 9.74. The molecule has 1 saturated heterocycles. The third kappa shape index (κ3) is 4.99. The van der Waals surface area contributed by atoms with Crippen LogP contribution in [-0.4, -0.2) is 43.2 Å². The SMILES string of the molecule is COc1ccccc1C(CC(c1ccccn1)C1CCCCC1)N1CCNCC1. The van der Waals surface area contributed by atoms with E-state index in [1.807, 2.05) is 12.3 Å². The number of nitrogens with zero attached hydrogens (tertiary/aromatic N) is 2. The van der Waals surface area contributed by atoms with Crippen LogP contribution in [0.15, 0.2) is 48.7 Å². The zero-order valence-electron chi connectivity index (χ0n) is 17.7. The lowest BCUT2D eigenvalue weighted by molar-refractivity contribution is 0.141. The smallest absolute Gasteiger partial charge is 0.123 e. The van der Waals surface area contributed by atoms with E-state index in [-0.39, 0.29) is 0 Å². The van der Waals surface area contributed by atoms with E-state index >= 15 is 0 Å². The maximum absolute atomic E-state index is 5.79. The quantitative estimate of drug-likeness (QED) is 0.734. The van der Waals surface area contributed by atoms with Crippen LogP contribution in [-0.2, 0) is 0 Å². The molecule has 2 unspecified atom stereocenters. The van der Waals surface area contributed by atoms with E-state index in [0.717, 1.165) is 44.3 Å². The van der Waals surface area contributed by atoms with Crippen molar-refractivity contribution in [2.45, 2.75) is 50.5 Å². The Morgan fingerprint density at radius 2 is 1.79 bits per heavy atom. The van der Waals surface area contributed by atoms with Crippen molar-refractivity contribution < 1.29 is 4.74 Å². The van der Waals surface area contributed by atoms with E-state index in [9.17, 15) is 0 Å². The molecule has 0 spiro atoms. The Hall–Kier alpha value is -1.91. The first-order valence-electron chi connectivity index (χ1n) is 11.4. The zero-order chi connectivity index (χ0) is 19.9. The van der Waals surface area contributed by atoms with Crippen molar-refractivity contribution in [2.75, 3.05) is 33.3 Å². The summed E-state index contributed by atoms with van der Waals surface area (Å²) in [6.45, 7) is 4.29. The number of ether oxygens (including phenoxy) is 1. The van der Waals surface area contributed by atoms with Crippen LogP contribution in [0.5, 0.6) is 5.75 Å². The van der Waals surface area contributed by atoms with Crippen LogP contribution in [0.25, 0.3) is 0 Å². The summed E-state index contributed by atoms with van der Waals surface area (Å²) >= 11 is 0. The summed E-state index contributed by atoms with van der Waals surface area (Å²) in [6.07, 6.45) is 9.86. The van der Waals surface area contributed by atoms with Crippen LogP contribution in [0.1, 0.15) is 61.7 Å². The molecule has 1 aliphatic heterocycles. The predicted octanol–water partition coefficient (Wildman–Crippen LogP) is 4.79. The fourth-order valence-corrected chi connectivity index (χ4v) is 5.34. The fourth-order valence-electron chi connectivity index (χ4n) is 5.34. The Morgan fingerprint density at radius 3 is 2.52 bits per heavy atom. The molecular formula is C25H35N3O. The maximum atomic E-state index is 5.79. The molecule has 2 aromatic rings. The summed E-state index contributed by atoms with van der Waals surface area (Å²) in [5.41, 5.74) is 2.60. The Labute approximate surface area is 175 Å². The van der Waals surface area contributed by atoms with Crippen LogP contribution in [0.4, 0.5) is 0 Å². The summed E-state index contributed by atoms with van der Waals surface area (Å²) < 4.78 is 5.79. The van der Waals surface area contributed by atoms with Crippen LogP contribution < -0.4 is 10.1 Å². The van der Waals surface area contributed by atoms with Gasteiger partial charge in [-0.2, -0.15) is 0 Å². The largest absolute Gasteiger partial charge is 0.496 e. The van der Waals surface area contributed by atoms with Gasteiger partial charge in [-0.25, -0.2) is 0 Å². The normalized spacial score (nSPS) is 20.9. The van der Waals surface area contributed by atoms with Gasteiger partial charge in [0.25, 0.3) is 0 Å². The lowest BCUT2D eigenvalue weighted by Gasteiger charge is -2.39. The number of hydrogen-bond acceptors (Lipinski definition) is 4. The number of para-hydroxylation sites is 1. The van der Waals surface area contributed by atoms with Gasteiger partial charge in [0.1, 0.15) is 5.75 Å². The number of methoxy groups -OCH3 is 1. The molecule has 4 nitrogen and oxygen atoms in total. The van der Waals surface area contributed by atoms with E-state index in [1.165, 1.54) is 43.4 Å². The minimum absolute atomic E-state index is 0.363. The number of piperazine rings is 1. The average Bonchev–Trinajstić information content (AvgIpc) is 2.81. The Morgan fingerprint density at radius 1 is 1.03 bits per heavy atom. The van der Waals surface area contributed by atoms with Gasteiger partial charge in [-0.15, -0.1) is 0 Å². The van der Waals surface area contributed by atoms with Gasteiger partial charge in [-0.1, -0.05) is 43.5 Å². The predicted molar refractivity (Wildman–Crippen MR) is 118 cm³/mol. The molecule has 4 heteroatoms. The maximum Gasteiger partial charge on any atom is 0.123 e. The Bertz CT molecular complexity index is 739. The van der Waals surface area contributed by atoms with Crippen LogP contribution in [0, 0.1) is 5.92 Å². The van der Waals surface area contributed by atoms with E-state index in [0.29, 0.717) is 12.0 Å². The van der Waals surface area contributed by atoms with Crippen molar-refractivity contribution in [3.8, 4) is 5.75 Å². The number of aromatic nitrogens is 1. The second-order valence-corrected chi connectivity index (χ2v) is 8.54. The van der Waals surface area contributed by atoms with E-state index in [1.54, 1.807) is 7.11 Å². The first-order chi connectivity index (χ1) is 14.4. The Balaban J connectivity index is 1.67. The molecular weight excluding hydrogens is 358 g/mol. The third-order valence-corrected chi connectivity index (χ3v) is 6.85. The molecule has 1 aromatic heterocycles. The van der Waals surface area contributed by atoms with Gasteiger partial charge in [0.15, 0.2) is 0 Å². The zero-order valence-corrected chi connectivity index (χ0v) is 17.7. The number of nitrogens with one attached hydrogen (secondary N) is 1. The summed E-state index contributed by atoms with van der Waals surface area (Å²) in [5.74, 6) is 2.25. The standard InChI is InChI=1S/C25H35N3O/c1-29-25-13-6-5-11-21(25)24(28-17-15-26-16-18-28)19-22(20-9-3-2-4-10-20)23-12-7-8-14-27-23/h5-8,11-14,20,22,24,26H,2-4,9-10,15-19H2,1H3. The minimum Gasteiger partial charge on any atom is -0.496 e. The molecule has 1 N–H and O–H groups in total. The molecule has 0 amide bonds. The second-order valence-electron chi connectivity index (χ2n) is 8.54. The summed E-state index contributed by atoms with van der Waals surface area (Å²) in [5, 5.41) is 3.51. The molecule has 0 bridgehead atoms. The van der Waals surface area contributed by atoms with E-state index in [2.05, 4.69) is 46.6 Å². The van der Waals surface area contributed by atoms with Crippen molar-refractivity contribution in [3.63, 3.8) is 0 Å². The highest BCUT2D eigenvalue weighted by Crippen LogP contribution is 2.43. The summed E-state index contributed by atoms with van der Waals surface area (Å²) in [7, 11) is 1.80. The van der Waals surface area contributed by atoms with Crippen LogP contribution in [0.3, 0.4) is 0 Å². The molecule has 0 radical (unpaired) electrons. The molecule has 2 fully saturated rings. The molecule has 1 aromatic carbocycles. The van der Waals surface area contributed by atoms with Gasteiger partial charge in [-0.3, -0.25) is 9.88 Å². The van der Waals surface area contributed by atoms with Crippen molar-refractivity contribution in [1.82, 2.24) is 15.2 Å². The molecule has 4 rings (SSSR count). The van der Waals surface area contributed by atoms with Crippen molar-refractivity contribution in [1.29, 1.82) is 0 Å². The van der Waals surface area contributed by atoms with Crippen molar-refractivity contribution >= 4 is 0 Å². The van der Waals surface area contributed by atoms with Crippen molar-refractivity contribution in [2.24, 2.45) is 5.92 Å². The molecule has 2 heterocycles. The van der Waals surface area contributed by atoms with Gasteiger partial charge in [0.05, 0.1) is 7.11 Å². The minimum atomic E-state index is 0.363.